The third kappa shape index (κ3) is 4.96. The van der Waals surface area contributed by atoms with Crippen LogP contribution >= 0.6 is 11.6 Å². The summed E-state index contributed by atoms with van der Waals surface area (Å²) in [4.78, 5) is 31.0. The van der Waals surface area contributed by atoms with Crippen molar-refractivity contribution in [2.75, 3.05) is 13.1 Å². The first kappa shape index (κ1) is 26.1. The molecule has 0 bridgehead atoms. The van der Waals surface area contributed by atoms with Crippen molar-refractivity contribution in [1.29, 1.82) is 0 Å². The summed E-state index contributed by atoms with van der Waals surface area (Å²) in [5.74, 6) is -0.227. The fraction of sp³-hybridized carbons (Fsp3) is 0.481. The van der Waals surface area contributed by atoms with Crippen molar-refractivity contribution in [3.05, 3.63) is 58.3 Å². The topological polar surface area (TPSA) is 83.9 Å². The predicted octanol–water partition coefficient (Wildman–Crippen LogP) is 4.90. The van der Waals surface area contributed by atoms with E-state index in [4.69, 9.17) is 11.6 Å². The number of hydrogen-bond acceptors (Lipinski definition) is 4. The van der Waals surface area contributed by atoms with Crippen LogP contribution < -0.4 is 0 Å². The summed E-state index contributed by atoms with van der Waals surface area (Å²) < 4.78 is 16.3. The number of benzene rings is 1. The van der Waals surface area contributed by atoms with Crippen LogP contribution in [0, 0.1) is 12.8 Å². The second kappa shape index (κ2) is 9.81. The molecule has 3 heterocycles. The van der Waals surface area contributed by atoms with Gasteiger partial charge in [-0.05, 0) is 42.5 Å². The number of ketones is 1. The Labute approximate surface area is 215 Å². The number of rotatable bonds is 7. The summed E-state index contributed by atoms with van der Waals surface area (Å²) in [6.45, 7) is 11.9. The second-order valence-corrected chi connectivity index (χ2v) is 11.1. The van der Waals surface area contributed by atoms with E-state index < -0.39 is 12.1 Å². The number of hydrogen-bond donors (Lipinski definition) is 1. The molecule has 1 amide bonds. The second-order valence-electron chi connectivity index (χ2n) is 10.7. The van der Waals surface area contributed by atoms with Gasteiger partial charge in [0.15, 0.2) is 5.78 Å². The van der Waals surface area contributed by atoms with Crippen LogP contribution in [0.15, 0.2) is 24.8 Å². The molecule has 0 saturated carbocycles. The molecule has 9 heteroatoms. The van der Waals surface area contributed by atoms with Gasteiger partial charge in [-0.3, -0.25) is 14.7 Å². The molecule has 0 unspecified atom stereocenters. The normalized spacial score (nSPS) is 18.2. The molecule has 0 spiro atoms. The van der Waals surface area contributed by atoms with Crippen LogP contribution in [-0.4, -0.2) is 55.6 Å². The SMILES string of the molecule is C=CC(=O)N1C[C@H](CC(=O)c2c(C)nc(CCc3[nH]nc4cc(Cl)c(C(C)(C)C)cc34)n2C)[C@H](F)C1. The molecule has 7 nitrogen and oxygen atoms in total. The number of aromatic amines is 1. The molecule has 4 rings (SSSR count). The van der Waals surface area contributed by atoms with Crippen LogP contribution in [0.2, 0.25) is 5.02 Å². The van der Waals surface area contributed by atoms with E-state index in [0.717, 1.165) is 28.0 Å². The van der Waals surface area contributed by atoms with Gasteiger partial charge < -0.3 is 9.47 Å². The summed E-state index contributed by atoms with van der Waals surface area (Å²) in [5.41, 5.74) is 3.88. The van der Waals surface area contributed by atoms with E-state index in [9.17, 15) is 14.0 Å². The molecule has 2 aromatic heterocycles. The quantitative estimate of drug-likeness (QED) is 0.360. The largest absolute Gasteiger partial charge is 0.336 e. The van der Waals surface area contributed by atoms with Crippen LogP contribution in [0.3, 0.4) is 0 Å². The Balaban J connectivity index is 1.50. The first-order valence-electron chi connectivity index (χ1n) is 12.2. The molecule has 192 valence electrons. The monoisotopic (exact) mass is 513 g/mol. The van der Waals surface area contributed by atoms with Gasteiger partial charge in [0.2, 0.25) is 5.91 Å². The number of imidazole rings is 1. The van der Waals surface area contributed by atoms with Gasteiger partial charge in [0.1, 0.15) is 17.7 Å². The van der Waals surface area contributed by atoms with Gasteiger partial charge >= 0.3 is 0 Å². The molecule has 1 aromatic carbocycles. The van der Waals surface area contributed by atoms with Crippen LogP contribution in [0.4, 0.5) is 4.39 Å². The summed E-state index contributed by atoms with van der Waals surface area (Å²) in [6.07, 6.45) is 1.24. The van der Waals surface area contributed by atoms with Crippen LogP contribution in [0.25, 0.3) is 10.9 Å². The van der Waals surface area contributed by atoms with Gasteiger partial charge in [-0.25, -0.2) is 9.37 Å². The minimum atomic E-state index is -1.23. The average molecular weight is 514 g/mol. The minimum Gasteiger partial charge on any atom is -0.336 e. The van der Waals surface area contributed by atoms with E-state index >= 15 is 0 Å². The van der Waals surface area contributed by atoms with E-state index in [1.54, 1.807) is 6.92 Å². The summed E-state index contributed by atoms with van der Waals surface area (Å²) in [5, 5.41) is 9.28. The van der Waals surface area contributed by atoms with Gasteiger partial charge in [-0.15, -0.1) is 0 Å². The lowest BCUT2D eigenvalue weighted by atomic mass is 9.86. The van der Waals surface area contributed by atoms with E-state index in [1.807, 2.05) is 17.7 Å². The minimum absolute atomic E-state index is 0.00129. The first-order valence-corrected chi connectivity index (χ1v) is 12.6. The Kier molecular flexibility index (Phi) is 7.10. The van der Waals surface area contributed by atoms with Gasteiger partial charge in [0.05, 0.1) is 17.8 Å². The molecule has 1 N–H and O–H groups in total. The zero-order valence-corrected chi connectivity index (χ0v) is 22.2. The van der Waals surface area contributed by atoms with Gasteiger partial charge in [-0.1, -0.05) is 39.0 Å². The molecule has 3 aromatic rings. The Morgan fingerprint density at radius 3 is 2.67 bits per heavy atom. The lowest BCUT2D eigenvalue weighted by Crippen LogP contribution is -2.27. The number of carbonyl (C=O) groups is 2. The number of likely N-dealkylation sites (tertiary alicyclic amines) is 1. The van der Waals surface area contributed by atoms with Crippen molar-refractivity contribution in [3.63, 3.8) is 0 Å². The number of carbonyl (C=O) groups excluding carboxylic acids is 2. The number of aromatic nitrogens is 4. The van der Waals surface area contributed by atoms with Gasteiger partial charge in [-0.2, -0.15) is 5.10 Å². The highest BCUT2D eigenvalue weighted by molar-refractivity contribution is 6.32. The highest BCUT2D eigenvalue weighted by Gasteiger charge is 2.36. The van der Waals surface area contributed by atoms with Crippen molar-refractivity contribution in [2.45, 2.75) is 58.5 Å². The van der Waals surface area contributed by atoms with Crippen molar-refractivity contribution >= 4 is 34.2 Å². The zero-order chi connectivity index (χ0) is 26.4. The highest BCUT2D eigenvalue weighted by Crippen LogP contribution is 2.34. The Morgan fingerprint density at radius 1 is 1.28 bits per heavy atom. The first-order chi connectivity index (χ1) is 16.9. The maximum Gasteiger partial charge on any atom is 0.246 e. The van der Waals surface area contributed by atoms with Crippen LogP contribution in [-0.2, 0) is 30.1 Å². The molecule has 1 fully saturated rings. The lowest BCUT2D eigenvalue weighted by Gasteiger charge is -2.20. The summed E-state index contributed by atoms with van der Waals surface area (Å²) >= 11 is 6.49. The predicted molar refractivity (Wildman–Crippen MR) is 139 cm³/mol. The lowest BCUT2D eigenvalue weighted by molar-refractivity contribution is -0.125. The van der Waals surface area contributed by atoms with Crippen LogP contribution in [0.1, 0.15) is 60.5 Å². The number of alkyl halides is 1. The van der Waals surface area contributed by atoms with Gasteiger partial charge in [0, 0.05) is 48.5 Å². The molecule has 0 aliphatic carbocycles. The van der Waals surface area contributed by atoms with Gasteiger partial charge in [0.25, 0.3) is 0 Å². The molecule has 1 aliphatic heterocycles. The van der Waals surface area contributed by atoms with E-state index in [0.29, 0.717) is 29.3 Å². The summed E-state index contributed by atoms with van der Waals surface area (Å²) in [7, 11) is 1.82. The number of aryl methyl sites for hydroxylation is 3. The third-order valence-electron chi connectivity index (χ3n) is 7.05. The van der Waals surface area contributed by atoms with E-state index in [-0.39, 0.29) is 36.6 Å². The van der Waals surface area contributed by atoms with E-state index in [1.165, 1.54) is 11.0 Å². The number of halogens is 2. The number of nitrogens with zero attached hydrogens (tertiary/aromatic N) is 4. The molecule has 1 aliphatic rings. The average Bonchev–Trinajstić information content (AvgIpc) is 3.45. The standard InChI is InChI=1S/C27H33ClFN5O2/c1-7-25(36)34-13-16(20(29)14-34)10-23(35)26-15(2)30-24(33(26)6)9-8-21-17-11-18(27(3,4)5)19(28)12-22(17)32-31-21/h7,11-12,16,20H,1,8-10,13-14H2,2-6H3,(H,31,32)/t16-,20+/m0/s1. The Hall–Kier alpha value is -3.00. The Bertz CT molecular complexity index is 1340. The third-order valence-corrected chi connectivity index (χ3v) is 7.36. The number of amides is 1. The molecular weight excluding hydrogens is 481 g/mol. The number of H-pyrrole nitrogens is 1. The smallest absolute Gasteiger partial charge is 0.246 e. The molecule has 2 atom stereocenters. The van der Waals surface area contributed by atoms with Crippen LogP contribution in [0.5, 0.6) is 0 Å². The highest BCUT2D eigenvalue weighted by atomic mass is 35.5. The molecule has 0 radical (unpaired) electrons. The summed E-state index contributed by atoms with van der Waals surface area (Å²) in [6, 6.07) is 3.99. The maximum atomic E-state index is 14.5. The molecule has 36 heavy (non-hydrogen) atoms. The zero-order valence-electron chi connectivity index (χ0n) is 21.5. The van der Waals surface area contributed by atoms with Crippen molar-refractivity contribution in [1.82, 2.24) is 24.6 Å². The van der Waals surface area contributed by atoms with Crippen molar-refractivity contribution in [2.24, 2.45) is 13.0 Å². The van der Waals surface area contributed by atoms with Crippen molar-refractivity contribution < 1.29 is 14.0 Å². The molecular formula is C27H33ClFN5O2. The fourth-order valence-electron chi connectivity index (χ4n) is 5.06. The Morgan fingerprint density at radius 2 is 2.00 bits per heavy atom. The fourth-order valence-corrected chi connectivity index (χ4v) is 5.50. The molecule has 1 saturated heterocycles. The van der Waals surface area contributed by atoms with Crippen molar-refractivity contribution in [3.8, 4) is 0 Å². The number of nitrogens with one attached hydrogen (secondary N) is 1. The number of Topliss-reactive ketones (excluding diaryl/α,β-unsaturated/α-hetero) is 1. The van der Waals surface area contributed by atoms with E-state index in [2.05, 4.69) is 48.6 Å². The number of fused-ring (bicyclic) bond motifs is 1. The maximum absolute atomic E-state index is 14.5.